The van der Waals surface area contributed by atoms with Crippen molar-refractivity contribution in [1.82, 2.24) is 10.3 Å². The molecule has 3 rings (SSSR count). The Hall–Kier alpha value is -3.68. The van der Waals surface area contributed by atoms with E-state index >= 15 is 0 Å². The zero-order valence-corrected chi connectivity index (χ0v) is 13.7. The number of aromatic nitrogens is 2. The first kappa shape index (κ1) is 17.2. The lowest BCUT2D eigenvalue weighted by Gasteiger charge is -2.10. The molecule has 8 heteroatoms. The normalized spacial score (nSPS) is 11.9. The number of carbonyl (C=O) groups is 2. The van der Waals surface area contributed by atoms with E-state index in [-0.39, 0.29) is 23.1 Å². The van der Waals surface area contributed by atoms with Crippen molar-refractivity contribution in [2.24, 2.45) is 0 Å². The van der Waals surface area contributed by atoms with Crippen molar-refractivity contribution in [3.8, 4) is 5.75 Å². The summed E-state index contributed by atoms with van der Waals surface area (Å²) < 4.78 is 9.66. The van der Waals surface area contributed by atoms with E-state index in [1.165, 1.54) is 25.3 Å². The van der Waals surface area contributed by atoms with Crippen LogP contribution in [0.5, 0.6) is 5.75 Å². The Bertz CT molecular complexity index is 1000. The number of methoxy groups -OCH3 is 1. The molecule has 1 aromatic heterocycles. The van der Waals surface area contributed by atoms with Crippen LogP contribution in [0, 0.1) is 0 Å². The molecular weight excluding hydrogens is 340 g/mol. The van der Waals surface area contributed by atoms with E-state index in [0.717, 1.165) is 0 Å². The van der Waals surface area contributed by atoms with Crippen LogP contribution in [0.2, 0.25) is 0 Å². The van der Waals surface area contributed by atoms with E-state index in [9.17, 15) is 19.8 Å². The molecular formula is C18H14N2O6. The van der Waals surface area contributed by atoms with Crippen molar-refractivity contribution in [2.75, 3.05) is 7.11 Å². The summed E-state index contributed by atoms with van der Waals surface area (Å²) in [5.74, 6) is -2.03. The molecule has 0 atom stereocenters. The zero-order valence-electron chi connectivity index (χ0n) is 13.7. The molecule has 0 saturated carbocycles. The van der Waals surface area contributed by atoms with Crippen LogP contribution >= 0.6 is 0 Å². The molecule has 2 aromatic carbocycles. The standard InChI is InChI=1S/C18H14N2O6/c1-25-12-5-2-10(3-6-12)8-13(17(21)22)16(18(23)24)11-4-7-14-15(9-11)20-26-19-14/h2-7,9H,8H2,1H3,(H,21,22)(H,23,24)/b16-13-. The third-order valence-corrected chi connectivity index (χ3v) is 3.86. The van der Waals surface area contributed by atoms with Crippen LogP contribution in [-0.2, 0) is 16.0 Å². The fourth-order valence-electron chi connectivity index (χ4n) is 2.58. The summed E-state index contributed by atoms with van der Waals surface area (Å²) in [4.78, 5) is 23.6. The minimum absolute atomic E-state index is 0.0595. The maximum Gasteiger partial charge on any atom is 0.336 e. The fraction of sp³-hybridized carbons (Fsp3) is 0.111. The summed E-state index contributed by atoms with van der Waals surface area (Å²) >= 11 is 0. The topological polar surface area (TPSA) is 123 Å². The lowest BCUT2D eigenvalue weighted by Crippen LogP contribution is -2.13. The second-order valence-electron chi connectivity index (χ2n) is 5.46. The van der Waals surface area contributed by atoms with Gasteiger partial charge in [-0.1, -0.05) is 18.2 Å². The van der Waals surface area contributed by atoms with Gasteiger partial charge in [-0.05, 0) is 45.7 Å². The van der Waals surface area contributed by atoms with E-state index in [1.54, 1.807) is 24.3 Å². The minimum Gasteiger partial charge on any atom is -0.497 e. The molecule has 0 spiro atoms. The summed E-state index contributed by atoms with van der Waals surface area (Å²) in [5, 5.41) is 26.5. The molecule has 0 saturated heterocycles. The Morgan fingerprint density at radius 3 is 2.31 bits per heavy atom. The van der Waals surface area contributed by atoms with Gasteiger partial charge in [0.2, 0.25) is 0 Å². The number of rotatable bonds is 6. The monoisotopic (exact) mass is 354 g/mol. The first-order chi connectivity index (χ1) is 12.5. The van der Waals surface area contributed by atoms with Crippen LogP contribution in [0.15, 0.2) is 52.7 Å². The summed E-state index contributed by atoms with van der Waals surface area (Å²) in [6.07, 6.45) is -0.0595. The lowest BCUT2D eigenvalue weighted by atomic mass is 9.94. The SMILES string of the molecule is COc1ccc(C/C(C(=O)O)=C(/C(=O)O)c2ccc3nonc3c2)cc1. The molecule has 0 unspecified atom stereocenters. The van der Waals surface area contributed by atoms with Gasteiger partial charge in [-0.15, -0.1) is 0 Å². The van der Waals surface area contributed by atoms with Gasteiger partial charge in [0.1, 0.15) is 16.8 Å². The molecule has 0 aliphatic rings. The molecule has 8 nitrogen and oxygen atoms in total. The maximum absolute atomic E-state index is 11.8. The van der Waals surface area contributed by atoms with Gasteiger partial charge < -0.3 is 14.9 Å². The number of fused-ring (bicyclic) bond motifs is 1. The molecule has 0 fully saturated rings. The summed E-state index contributed by atoms with van der Waals surface area (Å²) in [6, 6.07) is 11.2. The lowest BCUT2D eigenvalue weighted by molar-refractivity contribution is -0.134. The van der Waals surface area contributed by atoms with Gasteiger partial charge in [-0.3, -0.25) is 0 Å². The molecule has 0 bridgehead atoms. The predicted molar refractivity (Wildman–Crippen MR) is 90.7 cm³/mol. The van der Waals surface area contributed by atoms with E-state index in [2.05, 4.69) is 14.9 Å². The molecule has 0 aliphatic carbocycles. The Labute approximate surface area is 147 Å². The van der Waals surface area contributed by atoms with Gasteiger partial charge in [0, 0.05) is 6.42 Å². The Morgan fingerprint density at radius 1 is 1.00 bits per heavy atom. The molecule has 0 radical (unpaired) electrons. The molecule has 132 valence electrons. The van der Waals surface area contributed by atoms with E-state index in [4.69, 9.17) is 4.74 Å². The Morgan fingerprint density at radius 2 is 1.69 bits per heavy atom. The van der Waals surface area contributed by atoms with Crippen LogP contribution in [0.3, 0.4) is 0 Å². The van der Waals surface area contributed by atoms with Crippen LogP contribution in [-0.4, -0.2) is 39.6 Å². The number of hydrogen-bond donors (Lipinski definition) is 2. The van der Waals surface area contributed by atoms with Gasteiger partial charge in [0.25, 0.3) is 0 Å². The van der Waals surface area contributed by atoms with Crippen molar-refractivity contribution in [1.29, 1.82) is 0 Å². The third-order valence-electron chi connectivity index (χ3n) is 3.86. The molecule has 26 heavy (non-hydrogen) atoms. The number of aliphatic carboxylic acids is 2. The summed E-state index contributed by atoms with van der Waals surface area (Å²) in [6.45, 7) is 0. The first-order valence-corrected chi connectivity index (χ1v) is 7.55. The van der Waals surface area contributed by atoms with Crippen LogP contribution in [0.4, 0.5) is 0 Å². The van der Waals surface area contributed by atoms with Crippen molar-refractivity contribution < 1.29 is 29.2 Å². The summed E-state index contributed by atoms with van der Waals surface area (Å²) in [7, 11) is 1.52. The number of carboxylic acids is 2. The highest BCUT2D eigenvalue weighted by Gasteiger charge is 2.23. The van der Waals surface area contributed by atoms with Crippen LogP contribution < -0.4 is 4.74 Å². The van der Waals surface area contributed by atoms with Crippen molar-refractivity contribution in [2.45, 2.75) is 6.42 Å². The van der Waals surface area contributed by atoms with Crippen molar-refractivity contribution in [3.05, 3.63) is 59.2 Å². The fourth-order valence-corrected chi connectivity index (χ4v) is 2.58. The molecule has 0 amide bonds. The maximum atomic E-state index is 11.8. The highest BCUT2D eigenvalue weighted by atomic mass is 16.6. The quantitative estimate of drug-likeness (QED) is 0.647. The van der Waals surface area contributed by atoms with Gasteiger partial charge in [-0.25, -0.2) is 14.2 Å². The average Bonchev–Trinajstić information content (AvgIpc) is 3.09. The van der Waals surface area contributed by atoms with Gasteiger partial charge in [0.15, 0.2) is 0 Å². The van der Waals surface area contributed by atoms with E-state index in [1.807, 2.05) is 0 Å². The number of benzene rings is 2. The average molecular weight is 354 g/mol. The Balaban J connectivity index is 2.09. The molecule has 1 heterocycles. The van der Waals surface area contributed by atoms with E-state index < -0.39 is 11.9 Å². The van der Waals surface area contributed by atoms with Crippen LogP contribution in [0.1, 0.15) is 11.1 Å². The van der Waals surface area contributed by atoms with E-state index in [0.29, 0.717) is 22.3 Å². The molecule has 0 aliphatic heterocycles. The van der Waals surface area contributed by atoms with Crippen LogP contribution in [0.25, 0.3) is 16.6 Å². The van der Waals surface area contributed by atoms with Crippen molar-refractivity contribution in [3.63, 3.8) is 0 Å². The third kappa shape index (κ3) is 3.39. The number of nitrogens with zero attached hydrogens (tertiary/aromatic N) is 2. The Kier molecular flexibility index (Phi) is 4.66. The zero-order chi connectivity index (χ0) is 18.7. The second kappa shape index (κ2) is 7.06. The summed E-state index contributed by atoms with van der Waals surface area (Å²) in [5.41, 5.74) is 1.11. The van der Waals surface area contributed by atoms with Gasteiger partial charge in [0.05, 0.1) is 18.3 Å². The molecule has 2 N–H and O–H groups in total. The van der Waals surface area contributed by atoms with Gasteiger partial charge in [-0.2, -0.15) is 0 Å². The minimum atomic E-state index is -1.34. The number of hydrogen-bond acceptors (Lipinski definition) is 6. The highest BCUT2D eigenvalue weighted by molar-refractivity contribution is 6.22. The molecule has 3 aromatic rings. The predicted octanol–water partition coefficient (Wildman–Crippen LogP) is 2.40. The largest absolute Gasteiger partial charge is 0.497 e. The second-order valence-corrected chi connectivity index (χ2v) is 5.46. The first-order valence-electron chi connectivity index (χ1n) is 7.55. The number of ether oxygens (including phenoxy) is 1. The smallest absolute Gasteiger partial charge is 0.336 e. The van der Waals surface area contributed by atoms with Gasteiger partial charge >= 0.3 is 11.9 Å². The van der Waals surface area contributed by atoms with Crippen molar-refractivity contribution >= 4 is 28.5 Å². The highest BCUT2D eigenvalue weighted by Crippen LogP contribution is 2.25. The number of carboxylic acid groups (broad SMARTS) is 2.